The van der Waals surface area contributed by atoms with Crippen molar-refractivity contribution < 1.29 is 5.11 Å². The molecule has 1 atom stereocenters. The fourth-order valence-corrected chi connectivity index (χ4v) is 5.90. The van der Waals surface area contributed by atoms with Crippen molar-refractivity contribution in [2.24, 2.45) is 5.92 Å². The molecule has 6 rings (SSSR count). The average molecular weight is 491 g/mol. The van der Waals surface area contributed by atoms with E-state index >= 15 is 0 Å². The van der Waals surface area contributed by atoms with E-state index in [2.05, 4.69) is 52.3 Å². The van der Waals surface area contributed by atoms with Crippen molar-refractivity contribution in [3.63, 3.8) is 0 Å². The molecule has 3 heterocycles. The predicted molar refractivity (Wildman–Crippen MR) is 143 cm³/mol. The predicted octanol–water partition coefficient (Wildman–Crippen LogP) is 3.38. The Balaban J connectivity index is 1.41. The Morgan fingerprint density at radius 2 is 1.86 bits per heavy atom. The van der Waals surface area contributed by atoms with Crippen molar-refractivity contribution in [2.75, 3.05) is 38.5 Å². The van der Waals surface area contributed by atoms with Crippen LogP contribution in [-0.2, 0) is 6.54 Å². The molecule has 0 spiro atoms. The number of hydrogen-bond acceptors (Lipinski definition) is 7. The smallest absolute Gasteiger partial charge is 0.260 e. The molecule has 0 radical (unpaired) electrons. The first-order valence-electron chi connectivity index (χ1n) is 13.6. The molecular formula is C28H38N6O2. The Morgan fingerprint density at radius 3 is 2.61 bits per heavy atom. The van der Waals surface area contributed by atoms with Gasteiger partial charge < -0.3 is 15.3 Å². The standard InChI is InChI=1S/C28H38N6O2/c1-18-16-33(12-11-32(18)2)17-20-5-10-23-24(13-20)27(36)34(21-6-8-22(35)9-7-21)26-25(23)15-30-28(31-26)29-14-19-3-4-19/h5,10,13,15,18-19,21-22,35H,3-4,6-9,11-12,14,16-17H2,1-2H3,(H,29,30,31). The van der Waals surface area contributed by atoms with Gasteiger partial charge in [-0.3, -0.25) is 14.3 Å². The van der Waals surface area contributed by atoms with Crippen LogP contribution in [0.2, 0.25) is 0 Å². The molecule has 8 heteroatoms. The maximum atomic E-state index is 14.0. The summed E-state index contributed by atoms with van der Waals surface area (Å²) in [6.45, 7) is 7.14. The zero-order valence-corrected chi connectivity index (χ0v) is 21.5. The van der Waals surface area contributed by atoms with Gasteiger partial charge in [0.05, 0.1) is 6.10 Å². The fraction of sp³-hybridized carbons (Fsp3) is 0.607. The highest BCUT2D eigenvalue weighted by molar-refractivity contribution is 6.04. The van der Waals surface area contributed by atoms with E-state index in [0.29, 0.717) is 23.6 Å². The van der Waals surface area contributed by atoms with E-state index in [1.54, 1.807) is 0 Å². The van der Waals surface area contributed by atoms with E-state index in [9.17, 15) is 9.90 Å². The molecule has 8 nitrogen and oxygen atoms in total. The number of aliphatic hydroxyl groups excluding tert-OH is 1. The molecule has 3 aromatic rings. The van der Waals surface area contributed by atoms with E-state index in [0.717, 1.165) is 74.6 Å². The summed E-state index contributed by atoms with van der Waals surface area (Å²) >= 11 is 0. The summed E-state index contributed by atoms with van der Waals surface area (Å²) in [6.07, 6.45) is 7.14. The number of nitrogens with one attached hydrogen (secondary N) is 1. The highest BCUT2D eigenvalue weighted by Crippen LogP contribution is 2.33. The van der Waals surface area contributed by atoms with Crippen LogP contribution in [0.25, 0.3) is 21.8 Å². The van der Waals surface area contributed by atoms with E-state index < -0.39 is 0 Å². The van der Waals surface area contributed by atoms with Gasteiger partial charge in [0.2, 0.25) is 5.95 Å². The molecule has 0 bridgehead atoms. The van der Waals surface area contributed by atoms with Crippen LogP contribution in [0.15, 0.2) is 29.2 Å². The van der Waals surface area contributed by atoms with Crippen molar-refractivity contribution in [3.8, 4) is 0 Å². The van der Waals surface area contributed by atoms with E-state index in [1.807, 2.05) is 10.8 Å². The van der Waals surface area contributed by atoms with Gasteiger partial charge in [0.15, 0.2) is 0 Å². The van der Waals surface area contributed by atoms with Crippen LogP contribution in [0, 0.1) is 5.92 Å². The Labute approximate surface area is 212 Å². The Bertz CT molecular complexity index is 1310. The highest BCUT2D eigenvalue weighted by Gasteiger charge is 2.26. The number of aromatic nitrogens is 3. The second-order valence-corrected chi connectivity index (χ2v) is 11.3. The van der Waals surface area contributed by atoms with Crippen LogP contribution in [0.5, 0.6) is 0 Å². The zero-order chi connectivity index (χ0) is 24.8. The first kappa shape index (κ1) is 23.8. The molecular weight excluding hydrogens is 452 g/mol. The summed E-state index contributed by atoms with van der Waals surface area (Å²) in [5, 5.41) is 16.1. The summed E-state index contributed by atoms with van der Waals surface area (Å²) in [4.78, 5) is 28.4. The van der Waals surface area contributed by atoms with Crippen LogP contribution in [0.3, 0.4) is 0 Å². The lowest BCUT2D eigenvalue weighted by Crippen LogP contribution is -2.49. The summed E-state index contributed by atoms with van der Waals surface area (Å²) < 4.78 is 1.91. The van der Waals surface area contributed by atoms with Crippen molar-refractivity contribution in [2.45, 2.75) is 70.2 Å². The third-order valence-electron chi connectivity index (χ3n) is 8.55. The van der Waals surface area contributed by atoms with Gasteiger partial charge >= 0.3 is 0 Å². The highest BCUT2D eigenvalue weighted by atomic mass is 16.3. The summed E-state index contributed by atoms with van der Waals surface area (Å²) in [7, 11) is 2.19. The Hall–Kier alpha value is -2.55. The number of hydrogen-bond donors (Lipinski definition) is 2. The molecule has 36 heavy (non-hydrogen) atoms. The van der Waals surface area contributed by atoms with Gasteiger partial charge in [-0.1, -0.05) is 12.1 Å². The van der Waals surface area contributed by atoms with Crippen LogP contribution >= 0.6 is 0 Å². The fourth-order valence-electron chi connectivity index (χ4n) is 5.90. The minimum absolute atomic E-state index is 0.0272. The van der Waals surface area contributed by atoms with E-state index in [1.165, 1.54) is 18.4 Å². The molecule has 1 unspecified atom stereocenters. The quantitative estimate of drug-likeness (QED) is 0.512. The molecule has 2 saturated carbocycles. The molecule has 1 aromatic carbocycles. The maximum absolute atomic E-state index is 14.0. The number of anilines is 1. The van der Waals surface area contributed by atoms with Crippen LogP contribution < -0.4 is 10.9 Å². The number of rotatable bonds is 6. The zero-order valence-electron chi connectivity index (χ0n) is 21.5. The van der Waals surface area contributed by atoms with Crippen molar-refractivity contribution in [1.29, 1.82) is 0 Å². The number of piperazine rings is 1. The minimum Gasteiger partial charge on any atom is -0.393 e. The number of aliphatic hydroxyl groups is 1. The first-order valence-corrected chi connectivity index (χ1v) is 13.6. The molecule has 2 N–H and O–H groups in total. The SMILES string of the molecule is CC1CN(Cc2ccc3c(c2)c(=O)n(C2CCC(O)CC2)c2nc(NCC4CC4)ncc32)CCN1C. The lowest BCUT2D eigenvalue weighted by Gasteiger charge is -2.37. The maximum Gasteiger partial charge on any atom is 0.260 e. The summed E-state index contributed by atoms with van der Waals surface area (Å²) in [5.41, 5.74) is 1.91. The monoisotopic (exact) mass is 490 g/mol. The van der Waals surface area contributed by atoms with Crippen LogP contribution in [-0.4, -0.2) is 74.8 Å². The van der Waals surface area contributed by atoms with Gasteiger partial charge in [-0.2, -0.15) is 4.98 Å². The van der Waals surface area contributed by atoms with Gasteiger partial charge in [0.25, 0.3) is 5.56 Å². The third-order valence-corrected chi connectivity index (χ3v) is 8.55. The number of fused-ring (bicyclic) bond motifs is 3. The normalized spacial score (nSPS) is 26.0. The molecule has 0 amide bonds. The van der Waals surface area contributed by atoms with Crippen molar-refractivity contribution in [1.82, 2.24) is 24.3 Å². The van der Waals surface area contributed by atoms with Gasteiger partial charge in [0, 0.05) is 61.8 Å². The number of likely N-dealkylation sites (N-methyl/N-ethyl adjacent to an activating group) is 1. The Kier molecular flexibility index (Phi) is 6.44. The van der Waals surface area contributed by atoms with E-state index in [4.69, 9.17) is 4.98 Å². The van der Waals surface area contributed by atoms with Crippen molar-refractivity contribution in [3.05, 3.63) is 40.3 Å². The van der Waals surface area contributed by atoms with Crippen LogP contribution in [0.1, 0.15) is 57.1 Å². The minimum atomic E-state index is -0.272. The van der Waals surface area contributed by atoms with Crippen LogP contribution in [0.4, 0.5) is 5.95 Å². The molecule has 192 valence electrons. The van der Waals surface area contributed by atoms with Gasteiger partial charge in [-0.05, 0) is 75.4 Å². The largest absolute Gasteiger partial charge is 0.393 e. The Morgan fingerprint density at radius 1 is 1.06 bits per heavy atom. The lowest BCUT2D eigenvalue weighted by atomic mass is 9.92. The number of benzene rings is 1. The number of pyridine rings is 1. The average Bonchev–Trinajstić information content (AvgIpc) is 3.71. The van der Waals surface area contributed by atoms with Gasteiger partial charge in [-0.25, -0.2) is 4.98 Å². The van der Waals surface area contributed by atoms with Crippen molar-refractivity contribution >= 4 is 27.8 Å². The van der Waals surface area contributed by atoms with Gasteiger partial charge in [0.1, 0.15) is 5.65 Å². The lowest BCUT2D eigenvalue weighted by molar-refractivity contribution is 0.100. The van der Waals surface area contributed by atoms with E-state index in [-0.39, 0.29) is 17.7 Å². The topological polar surface area (TPSA) is 86.5 Å². The molecule has 2 aromatic heterocycles. The second-order valence-electron chi connectivity index (χ2n) is 11.3. The number of nitrogens with zero attached hydrogens (tertiary/aromatic N) is 5. The molecule has 3 fully saturated rings. The summed E-state index contributed by atoms with van der Waals surface area (Å²) in [6, 6.07) is 6.91. The summed E-state index contributed by atoms with van der Waals surface area (Å²) in [5.74, 6) is 1.31. The first-order chi connectivity index (χ1) is 17.5. The molecule has 2 aliphatic carbocycles. The molecule has 3 aliphatic rings. The molecule has 1 saturated heterocycles. The van der Waals surface area contributed by atoms with Gasteiger partial charge in [-0.15, -0.1) is 0 Å². The molecule has 1 aliphatic heterocycles. The third kappa shape index (κ3) is 4.74. The second kappa shape index (κ2) is 9.72.